The molecule has 0 fully saturated rings. The zero-order chi connectivity index (χ0) is 10.3. The minimum absolute atomic E-state index is 0.00111. The smallest absolute Gasteiger partial charge is 0.282 e. The van der Waals surface area contributed by atoms with E-state index in [0.717, 1.165) is 10.3 Å². The highest BCUT2D eigenvalue weighted by Gasteiger charge is 2.15. The first kappa shape index (κ1) is 9.64. The van der Waals surface area contributed by atoms with Crippen LogP contribution >= 0.6 is 11.3 Å². The van der Waals surface area contributed by atoms with E-state index in [0.29, 0.717) is 5.39 Å². The summed E-state index contributed by atoms with van der Waals surface area (Å²) in [4.78, 5) is 0.00111. The average molecular weight is 228 g/mol. The van der Waals surface area contributed by atoms with Crippen molar-refractivity contribution in [3.8, 4) is 0 Å². The Morgan fingerprint density at radius 3 is 2.71 bits per heavy atom. The molecular formula is C9H8O3S2. The van der Waals surface area contributed by atoms with Crippen LogP contribution in [0.4, 0.5) is 0 Å². The summed E-state index contributed by atoms with van der Waals surface area (Å²) in [6, 6.07) is 5.52. The van der Waals surface area contributed by atoms with Gasteiger partial charge in [-0.05, 0) is 19.1 Å². The first-order valence-electron chi connectivity index (χ1n) is 3.94. The van der Waals surface area contributed by atoms with E-state index in [9.17, 15) is 8.42 Å². The van der Waals surface area contributed by atoms with Crippen molar-refractivity contribution in [2.75, 3.05) is 0 Å². The van der Waals surface area contributed by atoms with Crippen LogP contribution < -0.4 is 0 Å². The van der Waals surface area contributed by atoms with E-state index in [1.165, 1.54) is 16.7 Å². The van der Waals surface area contributed by atoms with E-state index in [2.05, 4.69) is 0 Å². The third kappa shape index (κ3) is 1.54. The number of thiophene rings is 1. The monoisotopic (exact) mass is 228 g/mol. The number of fused-ring (bicyclic) bond motifs is 1. The Morgan fingerprint density at radius 1 is 1.36 bits per heavy atom. The Labute approximate surface area is 85.7 Å². The normalized spacial score (nSPS) is 12.1. The molecule has 74 valence electrons. The van der Waals surface area contributed by atoms with Crippen molar-refractivity contribution in [1.29, 1.82) is 0 Å². The highest BCUT2D eigenvalue weighted by Crippen LogP contribution is 2.29. The lowest BCUT2D eigenvalue weighted by Gasteiger charge is -1.95. The Hall–Kier alpha value is -0.910. The SMILES string of the molecule is Cc1ccc2scc(S(=O)(=O)O)c2c1. The van der Waals surface area contributed by atoms with Gasteiger partial charge in [0.2, 0.25) is 0 Å². The Kier molecular flexibility index (Phi) is 2.10. The highest BCUT2D eigenvalue weighted by molar-refractivity contribution is 7.86. The summed E-state index contributed by atoms with van der Waals surface area (Å²) < 4.78 is 31.8. The van der Waals surface area contributed by atoms with Gasteiger partial charge in [0.25, 0.3) is 10.1 Å². The van der Waals surface area contributed by atoms with Gasteiger partial charge in [-0.25, -0.2) is 0 Å². The largest absolute Gasteiger partial charge is 0.295 e. The molecule has 0 radical (unpaired) electrons. The van der Waals surface area contributed by atoms with E-state index in [1.54, 1.807) is 6.07 Å². The summed E-state index contributed by atoms with van der Waals surface area (Å²) in [6.07, 6.45) is 0. The molecule has 3 nitrogen and oxygen atoms in total. The fourth-order valence-electron chi connectivity index (χ4n) is 1.32. The number of hydrogen-bond acceptors (Lipinski definition) is 3. The van der Waals surface area contributed by atoms with Crippen molar-refractivity contribution >= 4 is 31.5 Å². The lowest BCUT2D eigenvalue weighted by atomic mass is 10.2. The lowest BCUT2D eigenvalue weighted by molar-refractivity contribution is 0.484. The van der Waals surface area contributed by atoms with Crippen LogP contribution in [0.2, 0.25) is 0 Å². The molecule has 1 heterocycles. The third-order valence-electron chi connectivity index (χ3n) is 1.97. The maximum absolute atomic E-state index is 11.0. The van der Waals surface area contributed by atoms with Crippen LogP contribution in [-0.2, 0) is 10.1 Å². The fraction of sp³-hybridized carbons (Fsp3) is 0.111. The number of benzene rings is 1. The van der Waals surface area contributed by atoms with E-state index in [-0.39, 0.29) is 4.90 Å². The molecule has 1 aromatic carbocycles. The Balaban J connectivity index is 2.87. The molecule has 2 rings (SSSR count). The second kappa shape index (κ2) is 3.05. The maximum Gasteiger partial charge on any atom is 0.295 e. The highest BCUT2D eigenvalue weighted by atomic mass is 32.2. The number of aryl methyl sites for hydroxylation is 1. The van der Waals surface area contributed by atoms with Crippen molar-refractivity contribution in [1.82, 2.24) is 0 Å². The van der Waals surface area contributed by atoms with Crippen LogP contribution in [0, 0.1) is 6.92 Å². The quantitative estimate of drug-likeness (QED) is 0.763. The summed E-state index contributed by atoms with van der Waals surface area (Å²) in [7, 11) is -4.09. The molecule has 0 aliphatic rings. The molecule has 0 aliphatic heterocycles. The van der Waals surface area contributed by atoms with Crippen LogP contribution in [0.1, 0.15) is 5.56 Å². The van der Waals surface area contributed by atoms with Gasteiger partial charge in [-0.2, -0.15) is 8.42 Å². The zero-order valence-corrected chi connectivity index (χ0v) is 9.02. The molecule has 0 atom stereocenters. The predicted octanol–water partition coefficient (Wildman–Crippen LogP) is 2.46. The molecular weight excluding hydrogens is 220 g/mol. The molecule has 1 N–H and O–H groups in total. The van der Waals surface area contributed by atoms with Crippen molar-refractivity contribution in [2.24, 2.45) is 0 Å². The van der Waals surface area contributed by atoms with Gasteiger partial charge in [-0.15, -0.1) is 11.3 Å². The number of hydrogen-bond donors (Lipinski definition) is 1. The molecule has 0 saturated carbocycles. The molecule has 1 aromatic heterocycles. The Morgan fingerprint density at radius 2 is 2.07 bits per heavy atom. The topological polar surface area (TPSA) is 54.4 Å². The van der Waals surface area contributed by atoms with Gasteiger partial charge in [0.15, 0.2) is 0 Å². The maximum atomic E-state index is 11.0. The van der Waals surface area contributed by atoms with Crippen molar-refractivity contribution in [3.05, 3.63) is 29.1 Å². The molecule has 0 aliphatic carbocycles. The predicted molar refractivity (Wildman–Crippen MR) is 56.4 cm³/mol. The first-order chi connectivity index (χ1) is 6.48. The van der Waals surface area contributed by atoms with E-state index in [4.69, 9.17) is 4.55 Å². The van der Waals surface area contributed by atoms with Gasteiger partial charge >= 0.3 is 0 Å². The molecule has 2 aromatic rings. The van der Waals surface area contributed by atoms with E-state index >= 15 is 0 Å². The molecule has 0 saturated heterocycles. The van der Waals surface area contributed by atoms with Crippen LogP contribution in [0.3, 0.4) is 0 Å². The first-order valence-corrected chi connectivity index (χ1v) is 6.26. The van der Waals surface area contributed by atoms with Gasteiger partial charge in [0.1, 0.15) is 4.90 Å². The lowest BCUT2D eigenvalue weighted by Crippen LogP contribution is -1.95. The summed E-state index contributed by atoms with van der Waals surface area (Å²) >= 11 is 1.31. The molecule has 0 bridgehead atoms. The summed E-state index contributed by atoms with van der Waals surface area (Å²) in [5.41, 5.74) is 0.973. The van der Waals surface area contributed by atoms with Gasteiger partial charge in [0, 0.05) is 15.5 Å². The van der Waals surface area contributed by atoms with Crippen molar-refractivity contribution < 1.29 is 13.0 Å². The number of rotatable bonds is 1. The van der Waals surface area contributed by atoms with Gasteiger partial charge in [0.05, 0.1) is 0 Å². The van der Waals surface area contributed by atoms with E-state index in [1.807, 2.05) is 19.1 Å². The van der Waals surface area contributed by atoms with Gasteiger partial charge in [-0.3, -0.25) is 4.55 Å². The third-order valence-corrected chi connectivity index (χ3v) is 3.98. The van der Waals surface area contributed by atoms with Crippen molar-refractivity contribution in [2.45, 2.75) is 11.8 Å². The summed E-state index contributed by atoms with van der Waals surface area (Å²) in [5, 5.41) is 2.05. The molecule has 5 heteroatoms. The van der Waals surface area contributed by atoms with Crippen LogP contribution in [0.5, 0.6) is 0 Å². The molecule has 0 unspecified atom stereocenters. The molecule has 14 heavy (non-hydrogen) atoms. The van der Waals surface area contributed by atoms with Crippen LogP contribution in [0.15, 0.2) is 28.5 Å². The van der Waals surface area contributed by atoms with Crippen LogP contribution in [0.25, 0.3) is 10.1 Å². The summed E-state index contributed by atoms with van der Waals surface area (Å²) in [5.74, 6) is 0. The van der Waals surface area contributed by atoms with E-state index < -0.39 is 10.1 Å². The van der Waals surface area contributed by atoms with Crippen molar-refractivity contribution in [3.63, 3.8) is 0 Å². The fourth-order valence-corrected chi connectivity index (χ4v) is 3.26. The second-order valence-electron chi connectivity index (χ2n) is 3.07. The molecule has 0 spiro atoms. The zero-order valence-electron chi connectivity index (χ0n) is 7.39. The minimum atomic E-state index is -4.09. The average Bonchev–Trinajstić information content (AvgIpc) is 2.45. The van der Waals surface area contributed by atoms with Gasteiger partial charge < -0.3 is 0 Å². The van der Waals surface area contributed by atoms with Crippen LogP contribution in [-0.4, -0.2) is 13.0 Å². The van der Waals surface area contributed by atoms with Gasteiger partial charge in [-0.1, -0.05) is 11.6 Å². The standard InChI is InChI=1S/C9H8O3S2/c1-6-2-3-8-7(4-6)9(5-13-8)14(10,11)12/h2-5H,1H3,(H,10,11,12). The Bertz CT molecular complexity index is 581. The summed E-state index contributed by atoms with van der Waals surface area (Å²) in [6.45, 7) is 1.88. The minimum Gasteiger partial charge on any atom is -0.282 e. The molecule has 0 amide bonds. The second-order valence-corrected chi connectivity index (χ2v) is 5.38.